The zero-order chi connectivity index (χ0) is 14.9. The summed E-state index contributed by atoms with van der Waals surface area (Å²) in [6, 6.07) is 5.01. The summed E-state index contributed by atoms with van der Waals surface area (Å²) in [7, 11) is 3.49. The highest BCUT2D eigenvalue weighted by Gasteiger charge is 2.30. The van der Waals surface area contributed by atoms with Crippen LogP contribution in [0, 0.1) is 0 Å². The Bertz CT molecular complexity index is 540. The standard InChI is InChI=1S/C14H19N3O3/c1-16(8-13(18)17(2)10-4-5-10)12-6-3-9(15)7-11(12)14(19)20/h3,6-7,10H,4-5,8,15H2,1-2H3,(H,19,20). The van der Waals surface area contributed by atoms with Crippen LogP contribution in [0.5, 0.6) is 0 Å². The van der Waals surface area contributed by atoms with Crippen LogP contribution in [0.15, 0.2) is 18.2 Å². The van der Waals surface area contributed by atoms with Crippen LogP contribution >= 0.6 is 0 Å². The van der Waals surface area contributed by atoms with Crippen molar-refractivity contribution in [1.29, 1.82) is 0 Å². The van der Waals surface area contributed by atoms with Gasteiger partial charge in [0.15, 0.2) is 0 Å². The third kappa shape index (κ3) is 3.01. The summed E-state index contributed by atoms with van der Waals surface area (Å²) in [5.74, 6) is -1.06. The lowest BCUT2D eigenvalue weighted by molar-refractivity contribution is -0.128. The molecule has 1 aliphatic carbocycles. The van der Waals surface area contributed by atoms with Crippen molar-refractivity contribution in [3.05, 3.63) is 23.8 Å². The van der Waals surface area contributed by atoms with Gasteiger partial charge in [-0.3, -0.25) is 4.79 Å². The van der Waals surface area contributed by atoms with E-state index in [1.54, 1.807) is 36.0 Å². The number of benzene rings is 1. The average molecular weight is 277 g/mol. The van der Waals surface area contributed by atoms with E-state index in [-0.39, 0.29) is 18.0 Å². The van der Waals surface area contributed by atoms with Crippen molar-refractivity contribution in [2.24, 2.45) is 0 Å². The van der Waals surface area contributed by atoms with E-state index in [1.807, 2.05) is 0 Å². The number of anilines is 2. The number of hydrogen-bond donors (Lipinski definition) is 2. The van der Waals surface area contributed by atoms with Gasteiger partial charge in [-0.05, 0) is 31.0 Å². The third-order valence-corrected chi connectivity index (χ3v) is 3.52. The highest BCUT2D eigenvalue weighted by molar-refractivity contribution is 5.96. The number of amides is 1. The molecule has 6 heteroatoms. The molecule has 108 valence electrons. The molecule has 0 spiro atoms. The Kier molecular flexibility index (Phi) is 3.83. The first-order valence-corrected chi connectivity index (χ1v) is 6.49. The Morgan fingerprint density at radius 3 is 2.55 bits per heavy atom. The van der Waals surface area contributed by atoms with Crippen molar-refractivity contribution in [3.8, 4) is 0 Å². The lowest BCUT2D eigenvalue weighted by Crippen LogP contribution is -2.38. The van der Waals surface area contributed by atoms with E-state index in [0.717, 1.165) is 12.8 Å². The molecule has 1 aromatic carbocycles. The summed E-state index contributed by atoms with van der Waals surface area (Å²) in [4.78, 5) is 26.7. The molecule has 1 amide bonds. The molecule has 0 unspecified atom stereocenters. The normalized spacial score (nSPS) is 13.9. The molecular formula is C14H19N3O3. The van der Waals surface area contributed by atoms with Gasteiger partial charge in [-0.2, -0.15) is 0 Å². The molecule has 0 heterocycles. The summed E-state index contributed by atoms with van der Waals surface area (Å²) in [5, 5.41) is 9.20. The molecule has 6 nitrogen and oxygen atoms in total. The van der Waals surface area contributed by atoms with Gasteiger partial charge in [-0.1, -0.05) is 0 Å². The molecule has 20 heavy (non-hydrogen) atoms. The minimum absolute atomic E-state index is 0.0110. The van der Waals surface area contributed by atoms with E-state index in [4.69, 9.17) is 5.73 Å². The maximum absolute atomic E-state index is 12.1. The summed E-state index contributed by atoms with van der Waals surface area (Å²) in [5.41, 5.74) is 6.59. The Morgan fingerprint density at radius 1 is 1.35 bits per heavy atom. The second-order valence-electron chi connectivity index (χ2n) is 5.17. The van der Waals surface area contributed by atoms with E-state index >= 15 is 0 Å². The van der Waals surface area contributed by atoms with Gasteiger partial charge in [-0.25, -0.2) is 4.79 Å². The highest BCUT2D eigenvalue weighted by atomic mass is 16.4. The molecule has 1 aliphatic rings. The number of aromatic carboxylic acids is 1. The molecule has 0 aromatic heterocycles. The van der Waals surface area contributed by atoms with Gasteiger partial charge in [-0.15, -0.1) is 0 Å². The Hall–Kier alpha value is -2.24. The number of hydrogen-bond acceptors (Lipinski definition) is 4. The quantitative estimate of drug-likeness (QED) is 0.785. The number of carboxylic acid groups (broad SMARTS) is 1. The molecule has 1 saturated carbocycles. The van der Waals surface area contributed by atoms with Crippen molar-refractivity contribution >= 4 is 23.3 Å². The topological polar surface area (TPSA) is 86.9 Å². The average Bonchev–Trinajstić information content (AvgIpc) is 3.21. The van der Waals surface area contributed by atoms with Crippen LogP contribution in [-0.4, -0.2) is 48.6 Å². The molecule has 0 saturated heterocycles. The second-order valence-corrected chi connectivity index (χ2v) is 5.17. The predicted octanol–water partition coefficient (Wildman–Crippen LogP) is 1.02. The van der Waals surface area contributed by atoms with Crippen LogP contribution in [0.1, 0.15) is 23.2 Å². The molecule has 3 N–H and O–H groups in total. The molecule has 0 bridgehead atoms. The van der Waals surface area contributed by atoms with E-state index < -0.39 is 5.97 Å². The number of carboxylic acids is 1. The van der Waals surface area contributed by atoms with Gasteiger partial charge in [0, 0.05) is 25.8 Å². The fourth-order valence-electron chi connectivity index (χ4n) is 2.12. The first-order valence-electron chi connectivity index (χ1n) is 6.49. The second kappa shape index (κ2) is 5.40. The van der Waals surface area contributed by atoms with Gasteiger partial charge in [0.1, 0.15) is 0 Å². The monoisotopic (exact) mass is 277 g/mol. The zero-order valence-corrected chi connectivity index (χ0v) is 11.7. The number of carbonyl (C=O) groups excluding carboxylic acids is 1. The van der Waals surface area contributed by atoms with Crippen LogP contribution in [0.4, 0.5) is 11.4 Å². The van der Waals surface area contributed by atoms with Crippen molar-refractivity contribution < 1.29 is 14.7 Å². The molecule has 0 radical (unpaired) electrons. The summed E-state index contributed by atoms with van der Waals surface area (Å²) in [6.07, 6.45) is 2.10. The summed E-state index contributed by atoms with van der Waals surface area (Å²) >= 11 is 0. The van der Waals surface area contributed by atoms with Crippen LogP contribution in [0.3, 0.4) is 0 Å². The Balaban J connectivity index is 2.14. The maximum atomic E-state index is 12.1. The van der Waals surface area contributed by atoms with Gasteiger partial charge in [0.25, 0.3) is 0 Å². The highest BCUT2D eigenvalue weighted by Crippen LogP contribution is 2.26. The van der Waals surface area contributed by atoms with Gasteiger partial charge >= 0.3 is 5.97 Å². The molecule has 1 aromatic rings. The minimum Gasteiger partial charge on any atom is -0.478 e. The zero-order valence-electron chi connectivity index (χ0n) is 11.7. The molecule has 0 aliphatic heterocycles. The number of rotatable bonds is 5. The van der Waals surface area contributed by atoms with Crippen LogP contribution in [0.2, 0.25) is 0 Å². The minimum atomic E-state index is -1.05. The first kappa shape index (κ1) is 14.2. The van der Waals surface area contributed by atoms with Crippen molar-refractivity contribution in [2.75, 3.05) is 31.3 Å². The molecular weight excluding hydrogens is 258 g/mol. The van der Waals surface area contributed by atoms with Gasteiger partial charge in [0.2, 0.25) is 5.91 Å². The first-order chi connectivity index (χ1) is 9.40. The smallest absolute Gasteiger partial charge is 0.337 e. The Morgan fingerprint density at radius 2 is 2.00 bits per heavy atom. The number of nitrogens with two attached hydrogens (primary N) is 1. The largest absolute Gasteiger partial charge is 0.478 e. The lowest BCUT2D eigenvalue weighted by atomic mass is 10.1. The predicted molar refractivity (Wildman–Crippen MR) is 76.9 cm³/mol. The van der Waals surface area contributed by atoms with Crippen molar-refractivity contribution in [2.45, 2.75) is 18.9 Å². The van der Waals surface area contributed by atoms with Crippen LogP contribution in [-0.2, 0) is 4.79 Å². The summed E-state index contributed by atoms with van der Waals surface area (Å²) < 4.78 is 0. The summed E-state index contributed by atoms with van der Waals surface area (Å²) in [6.45, 7) is 0.150. The number of carbonyl (C=O) groups is 2. The van der Waals surface area contributed by atoms with Crippen molar-refractivity contribution in [3.63, 3.8) is 0 Å². The van der Waals surface area contributed by atoms with Crippen molar-refractivity contribution in [1.82, 2.24) is 4.90 Å². The fraction of sp³-hybridized carbons (Fsp3) is 0.429. The van der Waals surface area contributed by atoms with E-state index in [2.05, 4.69) is 0 Å². The van der Waals surface area contributed by atoms with E-state index in [9.17, 15) is 14.7 Å². The molecule has 2 rings (SSSR count). The fourth-order valence-corrected chi connectivity index (χ4v) is 2.12. The van der Waals surface area contributed by atoms with Gasteiger partial charge in [0.05, 0.1) is 17.8 Å². The van der Waals surface area contributed by atoms with E-state index in [0.29, 0.717) is 17.4 Å². The SMILES string of the molecule is CN(CC(=O)N(C)C1CC1)c1ccc(N)cc1C(=O)O. The molecule has 0 atom stereocenters. The maximum Gasteiger partial charge on any atom is 0.337 e. The van der Waals surface area contributed by atoms with Crippen LogP contribution < -0.4 is 10.6 Å². The number of nitrogens with zero attached hydrogens (tertiary/aromatic N) is 2. The van der Waals surface area contributed by atoms with Crippen LogP contribution in [0.25, 0.3) is 0 Å². The Labute approximate surface area is 117 Å². The van der Waals surface area contributed by atoms with Gasteiger partial charge < -0.3 is 20.6 Å². The number of likely N-dealkylation sites (N-methyl/N-ethyl adjacent to an activating group) is 2. The van der Waals surface area contributed by atoms with E-state index in [1.165, 1.54) is 6.07 Å². The third-order valence-electron chi connectivity index (χ3n) is 3.52. The molecule has 1 fully saturated rings. The lowest BCUT2D eigenvalue weighted by Gasteiger charge is -2.24. The number of nitrogen functional groups attached to an aromatic ring is 1.